The highest BCUT2D eigenvalue weighted by molar-refractivity contribution is 7.94. The van der Waals surface area contributed by atoms with E-state index in [0.717, 1.165) is 32.6 Å². The van der Waals surface area contributed by atoms with Crippen molar-refractivity contribution in [3.63, 3.8) is 0 Å². The lowest BCUT2D eigenvalue weighted by molar-refractivity contribution is 0.0660. The van der Waals surface area contributed by atoms with Gasteiger partial charge in [0.25, 0.3) is 0 Å². The number of hydrogen-bond acceptors (Lipinski definition) is 4. The number of ether oxygens (including phenoxy) is 1. The Morgan fingerprint density at radius 3 is 2.67 bits per heavy atom. The van der Waals surface area contributed by atoms with Crippen LogP contribution in [0.25, 0.3) is 0 Å². The molecule has 1 N–H and O–H groups in total. The molecule has 2 aliphatic heterocycles. The average molecular weight is 231 g/mol. The van der Waals surface area contributed by atoms with Crippen LogP contribution in [0, 0.1) is 5.92 Å². The zero-order chi connectivity index (χ0) is 10.7. The maximum absolute atomic E-state index is 11.1. The third kappa shape index (κ3) is 3.29. The molecular weight excluding hydrogens is 214 g/mol. The quantitative estimate of drug-likeness (QED) is 0.759. The first-order valence-corrected chi connectivity index (χ1v) is 7.09. The van der Waals surface area contributed by atoms with Crippen molar-refractivity contribution in [2.24, 2.45) is 5.92 Å². The summed E-state index contributed by atoms with van der Waals surface area (Å²) in [5, 5.41) is 4.60. The van der Waals surface area contributed by atoms with Gasteiger partial charge in [-0.3, -0.25) is 0 Å². The molecule has 0 bridgehead atoms. The highest BCUT2D eigenvalue weighted by Gasteiger charge is 2.22. The fourth-order valence-electron chi connectivity index (χ4n) is 1.97. The zero-order valence-electron chi connectivity index (χ0n) is 8.69. The number of sulfone groups is 1. The molecule has 0 radical (unpaired) electrons. The molecule has 0 aromatic heterocycles. The van der Waals surface area contributed by atoms with Gasteiger partial charge in [0.05, 0.1) is 5.75 Å². The Hall–Kier alpha value is -0.390. The van der Waals surface area contributed by atoms with Crippen molar-refractivity contribution in [3.8, 4) is 0 Å². The van der Waals surface area contributed by atoms with E-state index < -0.39 is 9.84 Å². The fraction of sp³-hybridized carbons (Fsp3) is 0.800. The smallest absolute Gasteiger partial charge is 0.173 e. The molecular formula is C10H17NO3S. The van der Waals surface area contributed by atoms with Gasteiger partial charge in [0.1, 0.15) is 0 Å². The highest BCUT2D eigenvalue weighted by atomic mass is 32.2. The number of rotatable bonds is 3. The Morgan fingerprint density at radius 2 is 2.07 bits per heavy atom. The van der Waals surface area contributed by atoms with Gasteiger partial charge >= 0.3 is 0 Å². The van der Waals surface area contributed by atoms with Crippen molar-refractivity contribution >= 4 is 9.84 Å². The van der Waals surface area contributed by atoms with E-state index in [2.05, 4.69) is 5.32 Å². The third-order valence-electron chi connectivity index (χ3n) is 2.94. The summed E-state index contributed by atoms with van der Waals surface area (Å²) in [6, 6.07) is 0.0119. The molecule has 0 saturated carbocycles. The van der Waals surface area contributed by atoms with E-state index in [4.69, 9.17) is 4.74 Å². The molecule has 5 heteroatoms. The molecule has 0 aromatic carbocycles. The van der Waals surface area contributed by atoms with Gasteiger partial charge in [0.2, 0.25) is 0 Å². The van der Waals surface area contributed by atoms with Crippen LogP contribution in [0.5, 0.6) is 0 Å². The molecule has 1 unspecified atom stereocenters. The van der Waals surface area contributed by atoms with Crippen LogP contribution < -0.4 is 5.32 Å². The first kappa shape index (κ1) is 11.1. The van der Waals surface area contributed by atoms with E-state index in [1.165, 1.54) is 5.41 Å². The van der Waals surface area contributed by atoms with E-state index in [1.807, 2.05) is 0 Å². The normalized spacial score (nSPS) is 30.8. The molecule has 86 valence electrons. The summed E-state index contributed by atoms with van der Waals surface area (Å²) in [4.78, 5) is 0. The number of nitrogens with one attached hydrogen (secondary N) is 1. The van der Waals surface area contributed by atoms with Gasteiger partial charge in [0.15, 0.2) is 9.84 Å². The van der Waals surface area contributed by atoms with Crippen molar-refractivity contribution in [3.05, 3.63) is 11.5 Å². The molecule has 0 amide bonds. The summed E-state index contributed by atoms with van der Waals surface area (Å²) in [7, 11) is -2.92. The topological polar surface area (TPSA) is 55.4 Å². The SMILES string of the molecule is O=S1(=O)C=CC(NCC2CCOCC2)C1. The highest BCUT2D eigenvalue weighted by Crippen LogP contribution is 2.14. The lowest BCUT2D eigenvalue weighted by Gasteiger charge is -2.23. The Bertz CT molecular complexity index is 331. The third-order valence-corrected chi connectivity index (χ3v) is 4.34. The van der Waals surface area contributed by atoms with E-state index in [-0.39, 0.29) is 11.8 Å². The average Bonchev–Trinajstić information content (AvgIpc) is 2.57. The van der Waals surface area contributed by atoms with Crippen LogP contribution >= 0.6 is 0 Å². The van der Waals surface area contributed by atoms with E-state index >= 15 is 0 Å². The standard InChI is InChI=1S/C10H17NO3S/c12-15(13)6-3-10(8-15)11-7-9-1-4-14-5-2-9/h3,6,9-11H,1-2,4-5,7-8H2. The lowest BCUT2D eigenvalue weighted by Crippen LogP contribution is -2.35. The van der Waals surface area contributed by atoms with E-state index in [0.29, 0.717) is 5.92 Å². The van der Waals surface area contributed by atoms with Crippen LogP contribution in [0.1, 0.15) is 12.8 Å². The predicted molar refractivity (Wildman–Crippen MR) is 58.3 cm³/mol. The summed E-state index contributed by atoms with van der Waals surface area (Å²) >= 11 is 0. The minimum absolute atomic E-state index is 0.0119. The minimum Gasteiger partial charge on any atom is -0.381 e. The summed E-state index contributed by atoms with van der Waals surface area (Å²) in [5.41, 5.74) is 0. The molecule has 2 heterocycles. The van der Waals surface area contributed by atoms with Gasteiger partial charge < -0.3 is 10.1 Å². The Morgan fingerprint density at radius 1 is 1.33 bits per heavy atom. The van der Waals surface area contributed by atoms with Gasteiger partial charge in [-0.05, 0) is 25.3 Å². The maximum Gasteiger partial charge on any atom is 0.173 e. The van der Waals surface area contributed by atoms with Crippen molar-refractivity contribution in [1.29, 1.82) is 0 Å². The molecule has 15 heavy (non-hydrogen) atoms. The van der Waals surface area contributed by atoms with Gasteiger partial charge in [-0.2, -0.15) is 0 Å². The molecule has 2 rings (SSSR count). The van der Waals surface area contributed by atoms with Gasteiger partial charge in [-0.25, -0.2) is 8.42 Å². The summed E-state index contributed by atoms with van der Waals surface area (Å²) in [5.74, 6) is 0.853. The molecule has 0 aliphatic carbocycles. The lowest BCUT2D eigenvalue weighted by atomic mass is 10.0. The fourth-order valence-corrected chi connectivity index (χ4v) is 3.24. The van der Waals surface area contributed by atoms with Crippen molar-refractivity contribution in [1.82, 2.24) is 5.32 Å². The van der Waals surface area contributed by atoms with Crippen molar-refractivity contribution in [2.45, 2.75) is 18.9 Å². The molecule has 0 aromatic rings. The summed E-state index contributed by atoms with van der Waals surface area (Å²) in [6.45, 7) is 2.57. The summed E-state index contributed by atoms with van der Waals surface area (Å²) < 4.78 is 27.6. The van der Waals surface area contributed by atoms with Crippen LogP contribution in [0.2, 0.25) is 0 Å². The van der Waals surface area contributed by atoms with Crippen molar-refractivity contribution in [2.75, 3.05) is 25.5 Å². The Balaban J connectivity index is 1.72. The van der Waals surface area contributed by atoms with E-state index in [9.17, 15) is 8.42 Å². The number of hydrogen-bond donors (Lipinski definition) is 1. The maximum atomic E-state index is 11.1. The van der Waals surface area contributed by atoms with Crippen molar-refractivity contribution < 1.29 is 13.2 Å². The largest absolute Gasteiger partial charge is 0.381 e. The van der Waals surface area contributed by atoms with Crippen LogP contribution in [0.15, 0.2) is 11.5 Å². The van der Waals surface area contributed by atoms with Crippen LogP contribution in [-0.4, -0.2) is 40.0 Å². The van der Waals surface area contributed by atoms with Crippen LogP contribution in [0.4, 0.5) is 0 Å². The minimum atomic E-state index is -2.92. The second kappa shape index (κ2) is 4.63. The molecule has 2 aliphatic rings. The van der Waals surface area contributed by atoms with Crippen LogP contribution in [0.3, 0.4) is 0 Å². The first-order valence-electron chi connectivity index (χ1n) is 5.38. The Kier molecular flexibility index (Phi) is 3.43. The van der Waals surface area contributed by atoms with Gasteiger partial charge in [0, 0.05) is 24.7 Å². The summed E-state index contributed by atoms with van der Waals surface area (Å²) in [6.07, 6.45) is 3.90. The second-order valence-electron chi connectivity index (χ2n) is 4.23. The molecule has 0 spiro atoms. The Labute approximate surface area is 90.6 Å². The second-order valence-corrected chi connectivity index (χ2v) is 6.16. The molecule has 1 saturated heterocycles. The monoisotopic (exact) mass is 231 g/mol. The van der Waals surface area contributed by atoms with E-state index in [1.54, 1.807) is 6.08 Å². The van der Waals surface area contributed by atoms with Crippen LogP contribution in [-0.2, 0) is 14.6 Å². The van der Waals surface area contributed by atoms with Gasteiger partial charge in [-0.1, -0.05) is 6.08 Å². The van der Waals surface area contributed by atoms with Gasteiger partial charge in [-0.15, -0.1) is 0 Å². The molecule has 1 atom stereocenters. The molecule has 1 fully saturated rings. The zero-order valence-corrected chi connectivity index (χ0v) is 9.50. The first-order chi connectivity index (χ1) is 7.16. The predicted octanol–water partition coefficient (Wildman–Crippen LogP) is 0.313. The molecule has 4 nitrogen and oxygen atoms in total.